The van der Waals surface area contributed by atoms with Crippen molar-refractivity contribution in [3.63, 3.8) is 0 Å². The Hall–Kier alpha value is -3.84. The maximum atomic E-state index is 12.9. The fourth-order valence-electron chi connectivity index (χ4n) is 7.26. The molecular formula is C52H85N3O16P2. The first-order valence-corrected chi connectivity index (χ1v) is 29.0. The molecule has 0 amide bonds. The Kier molecular flexibility index (Phi) is 36.2. The number of nitrogens with zero attached hydrogens (tertiary/aromatic N) is 2. The molecule has 21 heteroatoms. The lowest BCUT2D eigenvalue weighted by molar-refractivity contribution is -0.161. The summed E-state index contributed by atoms with van der Waals surface area (Å²) in [6.45, 7) is 0.0698. The number of nitrogens with two attached hydrogens (primary N) is 1. The van der Waals surface area contributed by atoms with Gasteiger partial charge in [0.05, 0.1) is 13.2 Å². The Bertz CT molecular complexity index is 2010. The highest BCUT2D eigenvalue weighted by atomic mass is 31.3. The SMILES string of the molecule is CCCCC/C=C\C/C=C\CCCCCCCCCC(=O)OC[C@H](COP(=O)(O)OP(=O)(O)OC[C@H]1O[C@@H](n2ccc(N)nc2=O)[C@H](O)[C@@H]1O)OC(=O)CCC/C=C\C/C=C\C/C=C\C/C=C\CCCCCO. The van der Waals surface area contributed by atoms with Crippen molar-refractivity contribution in [2.75, 3.05) is 32.2 Å². The molecule has 414 valence electrons. The van der Waals surface area contributed by atoms with Crippen molar-refractivity contribution in [1.29, 1.82) is 0 Å². The van der Waals surface area contributed by atoms with E-state index in [1.54, 1.807) is 0 Å². The number of aliphatic hydroxyl groups excluding tert-OH is 3. The van der Waals surface area contributed by atoms with Crippen LogP contribution in [0.1, 0.15) is 167 Å². The molecule has 1 aromatic heterocycles. The maximum Gasteiger partial charge on any atom is 0.481 e. The number of phosphoric acid groups is 2. The van der Waals surface area contributed by atoms with Crippen molar-refractivity contribution < 1.29 is 71.4 Å². The van der Waals surface area contributed by atoms with E-state index in [1.807, 2.05) is 18.2 Å². The van der Waals surface area contributed by atoms with Crippen molar-refractivity contribution in [3.8, 4) is 0 Å². The summed E-state index contributed by atoms with van der Waals surface area (Å²) in [7, 11) is -10.9. The van der Waals surface area contributed by atoms with Gasteiger partial charge in [0.2, 0.25) is 0 Å². The second-order valence-corrected chi connectivity index (χ2v) is 20.8. The van der Waals surface area contributed by atoms with E-state index in [0.717, 1.165) is 107 Å². The van der Waals surface area contributed by atoms with Crippen molar-refractivity contribution in [2.24, 2.45) is 0 Å². The van der Waals surface area contributed by atoms with Gasteiger partial charge in [-0.1, -0.05) is 131 Å². The molecule has 0 radical (unpaired) electrons. The van der Waals surface area contributed by atoms with E-state index in [-0.39, 0.29) is 25.3 Å². The summed E-state index contributed by atoms with van der Waals surface area (Å²) >= 11 is 0. The first-order chi connectivity index (χ1) is 35.2. The number of hydrogen-bond donors (Lipinski definition) is 6. The standard InChI is InChI=1S/C52H85N3O16P2/c1-2-3-4-5-6-7-8-9-10-12-15-18-21-24-27-30-33-36-47(57)66-41-44(69-48(58)37-34-31-28-25-22-19-16-13-11-14-17-20-23-26-29-32-35-40-56)42-67-72(62,63)71-73(64,65)68-43-45-49(59)50(60)51(70-45)55-39-38-46(53)54-52(55)61/h6-7,9-11,14,16,19-20,23,25,28,38-39,44-45,49-51,56,59-60H,2-5,8,12-13,15,17-18,21-22,24,26-27,29-37,40-43H2,1H3,(H,62,63)(H,64,65)(H2,53,54,61)/b7-6-,10-9-,14-11-,19-16-,23-20-,28-25-/t44-,45-,49-,50-,51-/m1/s1. The number of nitrogen functional groups attached to an aromatic ring is 1. The topological polar surface area (TPSA) is 286 Å². The second kappa shape index (κ2) is 40.5. The molecule has 2 rings (SSSR count). The number of rotatable bonds is 43. The number of esters is 2. The Labute approximate surface area is 432 Å². The summed E-state index contributed by atoms with van der Waals surface area (Å²) in [5, 5.41) is 29.7. The molecule has 7 N–H and O–H groups in total. The normalized spacial score (nSPS) is 19.5. The van der Waals surface area contributed by atoms with Crippen LogP contribution in [0.2, 0.25) is 0 Å². The number of aromatic nitrogens is 2. The number of hydrogen-bond acceptors (Lipinski definition) is 16. The molecule has 1 saturated heterocycles. The molecule has 1 aliphatic heterocycles. The van der Waals surface area contributed by atoms with Crippen LogP contribution < -0.4 is 11.4 Å². The molecule has 2 heterocycles. The highest BCUT2D eigenvalue weighted by molar-refractivity contribution is 7.61. The van der Waals surface area contributed by atoms with Gasteiger partial charge in [0.15, 0.2) is 12.3 Å². The fraction of sp³-hybridized carbons (Fsp3) is 0.654. The predicted molar refractivity (Wildman–Crippen MR) is 281 cm³/mol. The summed E-state index contributed by atoms with van der Waals surface area (Å²) in [6, 6.07) is 1.24. The minimum Gasteiger partial charge on any atom is -0.462 e. The monoisotopic (exact) mass is 1070 g/mol. The third-order valence-corrected chi connectivity index (χ3v) is 13.9. The third kappa shape index (κ3) is 32.9. The first-order valence-electron chi connectivity index (χ1n) is 26.1. The summed E-state index contributed by atoms with van der Waals surface area (Å²) in [5.74, 6) is -1.39. The second-order valence-electron chi connectivity index (χ2n) is 17.7. The number of aliphatic hydroxyl groups is 3. The van der Waals surface area contributed by atoms with Gasteiger partial charge in [-0.15, -0.1) is 0 Å². The van der Waals surface area contributed by atoms with Gasteiger partial charge in [-0.3, -0.25) is 23.2 Å². The van der Waals surface area contributed by atoms with E-state index in [4.69, 9.17) is 34.1 Å². The molecular weight excluding hydrogens is 985 g/mol. The molecule has 0 saturated carbocycles. The van der Waals surface area contributed by atoms with Crippen LogP contribution in [0.3, 0.4) is 0 Å². The quantitative estimate of drug-likeness (QED) is 0.0153. The molecule has 7 atom stereocenters. The van der Waals surface area contributed by atoms with Gasteiger partial charge >= 0.3 is 33.3 Å². The highest BCUT2D eigenvalue weighted by Crippen LogP contribution is 2.60. The van der Waals surface area contributed by atoms with E-state index in [2.05, 4.69) is 70.9 Å². The average Bonchev–Trinajstić information content (AvgIpc) is 3.63. The van der Waals surface area contributed by atoms with E-state index < -0.39 is 83.7 Å². The number of anilines is 1. The minimum atomic E-state index is -5.45. The Morgan fingerprint density at radius 1 is 0.685 bits per heavy atom. The zero-order valence-corrected chi connectivity index (χ0v) is 44.7. The summed E-state index contributed by atoms with van der Waals surface area (Å²) in [6.07, 6.45) is 39.9. The molecule has 0 aromatic carbocycles. The predicted octanol–water partition coefficient (Wildman–Crippen LogP) is 9.86. The molecule has 0 spiro atoms. The van der Waals surface area contributed by atoms with Gasteiger partial charge in [-0.05, 0) is 96.0 Å². The van der Waals surface area contributed by atoms with Gasteiger partial charge in [0.1, 0.15) is 30.7 Å². The van der Waals surface area contributed by atoms with Gasteiger partial charge in [0.25, 0.3) is 0 Å². The summed E-state index contributed by atoms with van der Waals surface area (Å²) in [4.78, 5) is 61.9. The third-order valence-electron chi connectivity index (χ3n) is 11.3. The molecule has 1 aliphatic rings. The van der Waals surface area contributed by atoms with Crippen LogP contribution in [0.25, 0.3) is 0 Å². The van der Waals surface area contributed by atoms with Crippen LogP contribution in [0.4, 0.5) is 5.82 Å². The average molecular weight is 1070 g/mol. The van der Waals surface area contributed by atoms with Crippen LogP contribution in [-0.2, 0) is 46.3 Å². The van der Waals surface area contributed by atoms with Gasteiger partial charge in [-0.25, -0.2) is 13.9 Å². The van der Waals surface area contributed by atoms with Crippen LogP contribution in [0.5, 0.6) is 0 Å². The van der Waals surface area contributed by atoms with Crippen molar-refractivity contribution in [2.45, 2.75) is 192 Å². The lowest BCUT2D eigenvalue weighted by Gasteiger charge is -2.21. The fourth-order valence-corrected chi connectivity index (χ4v) is 9.37. The van der Waals surface area contributed by atoms with Crippen molar-refractivity contribution in [1.82, 2.24) is 9.55 Å². The first kappa shape index (κ1) is 65.3. The van der Waals surface area contributed by atoms with Crippen LogP contribution in [0, 0.1) is 0 Å². The van der Waals surface area contributed by atoms with E-state index >= 15 is 0 Å². The molecule has 0 aliphatic carbocycles. The van der Waals surface area contributed by atoms with Crippen LogP contribution in [0.15, 0.2) is 90.0 Å². The lowest BCUT2D eigenvalue weighted by atomic mass is 10.1. The number of carbonyl (C=O) groups excluding carboxylic acids is 2. The number of allylic oxidation sites excluding steroid dienone is 12. The molecule has 0 bridgehead atoms. The number of carbonyl (C=O) groups is 2. The van der Waals surface area contributed by atoms with Crippen molar-refractivity contribution in [3.05, 3.63) is 95.7 Å². The molecule has 73 heavy (non-hydrogen) atoms. The van der Waals surface area contributed by atoms with Gasteiger partial charge < -0.3 is 45.1 Å². The zero-order chi connectivity index (χ0) is 53.4. The number of ether oxygens (including phenoxy) is 3. The van der Waals surface area contributed by atoms with Gasteiger partial charge in [0, 0.05) is 25.6 Å². The maximum absolute atomic E-state index is 12.9. The Morgan fingerprint density at radius 2 is 1.18 bits per heavy atom. The minimum absolute atomic E-state index is 0.0405. The highest BCUT2D eigenvalue weighted by Gasteiger charge is 2.46. The van der Waals surface area contributed by atoms with Crippen LogP contribution >= 0.6 is 15.6 Å². The Balaban J connectivity index is 1.82. The van der Waals surface area contributed by atoms with Crippen LogP contribution in [-0.4, -0.2) is 97.4 Å². The molecule has 1 aromatic rings. The summed E-state index contributed by atoms with van der Waals surface area (Å²) < 4.78 is 56.7. The van der Waals surface area contributed by atoms with Crippen molar-refractivity contribution >= 4 is 33.4 Å². The van der Waals surface area contributed by atoms with Gasteiger partial charge in [-0.2, -0.15) is 9.29 Å². The Morgan fingerprint density at radius 3 is 1.74 bits per heavy atom. The molecule has 2 unspecified atom stereocenters. The summed E-state index contributed by atoms with van der Waals surface area (Å²) in [5.41, 5.74) is 4.58. The van der Waals surface area contributed by atoms with E-state index in [0.29, 0.717) is 25.7 Å². The molecule has 1 fully saturated rings. The largest absolute Gasteiger partial charge is 0.481 e. The van der Waals surface area contributed by atoms with E-state index in [9.17, 15) is 43.5 Å². The number of unbranched alkanes of at least 4 members (excludes halogenated alkanes) is 14. The smallest absolute Gasteiger partial charge is 0.462 e. The van der Waals surface area contributed by atoms with E-state index in [1.165, 1.54) is 25.3 Å². The lowest BCUT2D eigenvalue weighted by Crippen LogP contribution is -2.36. The zero-order valence-electron chi connectivity index (χ0n) is 42.9. The number of phosphoric ester groups is 2. The molecule has 19 nitrogen and oxygen atoms in total.